The van der Waals surface area contributed by atoms with Crippen molar-refractivity contribution in [3.05, 3.63) is 47.0 Å². The van der Waals surface area contributed by atoms with Crippen molar-refractivity contribution in [2.75, 3.05) is 35.0 Å². The van der Waals surface area contributed by atoms with Gasteiger partial charge in [0.25, 0.3) is 0 Å². The predicted molar refractivity (Wildman–Crippen MR) is 120 cm³/mol. The lowest BCUT2D eigenvalue weighted by molar-refractivity contribution is 0.0464. The van der Waals surface area contributed by atoms with Crippen molar-refractivity contribution in [2.24, 2.45) is 0 Å². The Kier molecular flexibility index (Phi) is 7.77. The maximum Gasteiger partial charge on any atom is 0.342 e. The summed E-state index contributed by atoms with van der Waals surface area (Å²) < 4.78 is 32.2. The van der Waals surface area contributed by atoms with E-state index >= 15 is 0 Å². The lowest BCUT2D eigenvalue weighted by Crippen LogP contribution is -2.08. The minimum Gasteiger partial charge on any atom is -0.496 e. The van der Waals surface area contributed by atoms with E-state index < -0.39 is 5.97 Å². The topological polar surface area (TPSA) is 85.3 Å². The summed E-state index contributed by atoms with van der Waals surface area (Å²) in [6, 6.07) is 8.74. The summed E-state index contributed by atoms with van der Waals surface area (Å²) >= 11 is 1.45. The number of ether oxygens (including phenoxy) is 6. The highest BCUT2D eigenvalue weighted by Crippen LogP contribution is 2.36. The maximum absolute atomic E-state index is 12.7. The van der Waals surface area contributed by atoms with Crippen molar-refractivity contribution in [3.8, 4) is 39.3 Å². The molecule has 0 fully saturated rings. The Morgan fingerprint density at radius 1 is 0.875 bits per heavy atom. The molecule has 0 aliphatic rings. The number of esters is 1. The Balaban J connectivity index is 1.74. The van der Waals surface area contributed by atoms with Crippen LogP contribution in [0, 0.1) is 0 Å². The molecular formula is C23H25NO7S. The third-order valence-electron chi connectivity index (χ3n) is 4.54. The fourth-order valence-corrected chi connectivity index (χ4v) is 3.79. The highest BCUT2D eigenvalue weighted by atomic mass is 32.1. The molecule has 170 valence electrons. The molecule has 0 amide bonds. The van der Waals surface area contributed by atoms with Crippen LogP contribution in [0.25, 0.3) is 10.6 Å². The van der Waals surface area contributed by atoms with Crippen molar-refractivity contribution in [3.63, 3.8) is 0 Å². The molecule has 8 nitrogen and oxygen atoms in total. The highest BCUT2D eigenvalue weighted by molar-refractivity contribution is 7.13. The molecule has 0 aliphatic heterocycles. The molecule has 0 unspecified atom stereocenters. The van der Waals surface area contributed by atoms with Crippen molar-refractivity contribution < 1.29 is 33.2 Å². The van der Waals surface area contributed by atoms with E-state index in [-0.39, 0.29) is 12.2 Å². The lowest BCUT2D eigenvalue weighted by atomic mass is 10.1. The third-order valence-corrected chi connectivity index (χ3v) is 5.48. The molecule has 0 saturated heterocycles. The Labute approximate surface area is 190 Å². The van der Waals surface area contributed by atoms with Crippen LogP contribution in [-0.2, 0) is 11.3 Å². The number of thiazole rings is 1. The van der Waals surface area contributed by atoms with Crippen molar-refractivity contribution >= 4 is 17.3 Å². The molecule has 32 heavy (non-hydrogen) atoms. The zero-order valence-corrected chi connectivity index (χ0v) is 19.4. The number of nitrogens with zero attached hydrogens (tertiary/aromatic N) is 1. The Morgan fingerprint density at radius 2 is 1.53 bits per heavy atom. The Bertz CT molecular complexity index is 1080. The van der Waals surface area contributed by atoms with Crippen LogP contribution in [0.3, 0.4) is 0 Å². The van der Waals surface area contributed by atoms with Gasteiger partial charge in [-0.05, 0) is 25.1 Å². The first-order valence-electron chi connectivity index (χ1n) is 9.77. The van der Waals surface area contributed by atoms with E-state index in [9.17, 15) is 4.79 Å². The quantitative estimate of drug-likeness (QED) is 0.407. The third kappa shape index (κ3) is 5.05. The van der Waals surface area contributed by atoms with Gasteiger partial charge in [0, 0.05) is 23.1 Å². The first-order valence-corrected chi connectivity index (χ1v) is 10.6. The molecule has 0 bridgehead atoms. The van der Waals surface area contributed by atoms with Crippen LogP contribution in [-0.4, -0.2) is 46.0 Å². The zero-order chi connectivity index (χ0) is 23.1. The van der Waals surface area contributed by atoms with E-state index in [1.807, 2.05) is 30.5 Å². The standard InChI is InChI=1S/C23H25NO7S/c1-6-30-17-8-7-14(9-19(17)27-3)22-24-15(13-32-22)12-31-23(25)16-10-20(28-4)21(29-5)11-18(16)26-2/h7-11,13H,6,12H2,1-5H3. The largest absolute Gasteiger partial charge is 0.496 e. The van der Waals surface area contributed by atoms with Crippen LogP contribution < -0.4 is 23.7 Å². The minimum atomic E-state index is -0.555. The molecule has 1 aromatic heterocycles. The van der Waals surface area contributed by atoms with Crippen LogP contribution in [0.1, 0.15) is 23.0 Å². The number of benzene rings is 2. The van der Waals surface area contributed by atoms with Crippen LogP contribution in [0.4, 0.5) is 0 Å². The summed E-state index contributed by atoms with van der Waals surface area (Å²) in [4.78, 5) is 17.2. The van der Waals surface area contributed by atoms with E-state index in [0.717, 1.165) is 10.6 Å². The van der Waals surface area contributed by atoms with Gasteiger partial charge in [0.1, 0.15) is 22.9 Å². The molecular weight excluding hydrogens is 434 g/mol. The number of methoxy groups -OCH3 is 4. The van der Waals surface area contributed by atoms with Gasteiger partial charge in [0.15, 0.2) is 23.0 Å². The second-order valence-corrected chi connectivity index (χ2v) is 7.28. The normalized spacial score (nSPS) is 10.4. The molecule has 2 aromatic carbocycles. The van der Waals surface area contributed by atoms with Crippen molar-refractivity contribution in [1.29, 1.82) is 0 Å². The molecule has 3 rings (SSSR count). The number of aromatic nitrogens is 1. The Hall–Kier alpha value is -3.46. The number of carbonyl (C=O) groups excluding carboxylic acids is 1. The molecule has 9 heteroatoms. The summed E-state index contributed by atoms with van der Waals surface area (Å²) in [6.45, 7) is 2.48. The van der Waals surface area contributed by atoms with E-state index in [2.05, 4.69) is 4.98 Å². The van der Waals surface area contributed by atoms with Crippen molar-refractivity contribution in [1.82, 2.24) is 4.98 Å². The van der Waals surface area contributed by atoms with Crippen LogP contribution in [0.15, 0.2) is 35.7 Å². The second-order valence-electron chi connectivity index (χ2n) is 6.43. The van der Waals surface area contributed by atoms with Gasteiger partial charge in [-0.15, -0.1) is 11.3 Å². The van der Waals surface area contributed by atoms with E-state index in [1.54, 1.807) is 13.2 Å². The number of hydrogen-bond donors (Lipinski definition) is 0. The first-order chi connectivity index (χ1) is 15.5. The zero-order valence-electron chi connectivity index (χ0n) is 18.6. The number of hydrogen-bond acceptors (Lipinski definition) is 9. The maximum atomic E-state index is 12.7. The fourth-order valence-electron chi connectivity index (χ4n) is 2.99. The molecule has 0 saturated carbocycles. The number of carbonyl (C=O) groups is 1. The van der Waals surface area contributed by atoms with Gasteiger partial charge in [-0.2, -0.15) is 0 Å². The first kappa shape index (κ1) is 23.2. The summed E-state index contributed by atoms with van der Waals surface area (Å²) in [7, 11) is 6.06. The molecule has 0 aliphatic carbocycles. The van der Waals surface area contributed by atoms with E-state index in [1.165, 1.54) is 38.7 Å². The molecule has 0 atom stereocenters. The van der Waals surface area contributed by atoms with E-state index in [4.69, 9.17) is 28.4 Å². The monoisotopic (exact) mass is 459 g/mol. The van der Waals surface area contributed by atoms with Gasteiger partial charge in [-0.25, -0.2) is 9.78 Å². The van der Waals surface area contributed by atoms with Gasteiger partial charge in [0.05, 0.1) is 40.7 Å². The molecule has 0 radical (unpaired) electrons. The van der Waals surface area contributed by atoms with Gasteiger partial charge >= 0.3 is 5.97 Å². The number of rotatable bonds is 10. The van der Waals surface area contributed by atoms with Gasteiger partial charge in [-0.3, -0.25) is 0 Å². The van der Waals surface area contributed by atoms with E-state index in [0.29, 0.717) is 41.0 Å². The summed E-state index contributed by atoms with van der Waals surface area (Å²) in [5.41, 5.74) is 1.75. The van der Waals surface area contributed by atoms with Crippen LogP contribution >= 0.6 is 11.3 Å². The average Bonchev–Trinajstić information content (AvgIpc) is 3.31. The average molecular weight is 460 g/mol. The van der Waals surface area contributed by atoms with Crippen LogP contribution in [0.2, 0.25) is 0 Å². The van der Waals surface area contributed by atoms with Crippen molar-refractivity contribution in [2.45, 2.75) is 13.5 Å². The molecule has 0 N–H and O–H groups in total. The summed E-state index contributed by atoms with van der Waals surface area (Å²) in [6.07, 6.45) is 0. The van der Waals surface area contributed by atoms with Crippen LogP contribution in [0.5, 0.6) is 28.7 Å². The molecule has 1 heterocycles. The smallest absolute Gasteiger partial charge is 0.342 e. The molecule has 3 aromatic rings. The Morgan fingerprint density at radius 3 is 2.19 bits per heavy atom. The second kappa shape index (κ2) is 10.7. The predicted octanol–water partition coefficient (Wildman–Crippen LogP) is 4.60. The summed E-state index contributed by atoms with van der Waals surface area (Å²) in [5, 5.41) is 2.62. The summed E-state index contributed by atoms with van der Waals surface area (Å²) in [5.74, 6) is 1.94. The minimum absolute atomic E-state index is 0.0149. The van der Waals surface area contributed by atoms with Gasteiger partial charge in [0.2, 0.25) is 0 Å². The SMILES string of the molecule is CCOc1ccc(-c2nc(COC(=O)c3cc(OC)c(OC)cc3OC)cs2)cc1OC. The fraction of sp³-hybridized carbons (Fsp3) is 0.304. The lowest BCUT2D eigenvalue weighted by Gasteiger charge is -2.13. The van der Waals surface area contributed by atoms with Gasteiger partial charge in [-0.1, -0.05) is 0 Å². The van der Waals surface area contributed by atoms with Gasteiger partial charge < -0.3 is 28.4 Å². The molecule has 0 spiro atoms. The highest BCUT2D eigenvalue weighted by Gasteiger charge is 2.19.